The molecule has 9 aromatic carbocycles. The largest absolute Gasteiger partial charge is 0.311 e. The van der Waals surface area contributed by atoms with Crippen LogP contribution in [0.2, 0.25) is 0 Å². The van der Waals surface area contributed by atoms with Gasteiger partial charge < -0.3 is 9.80 Å². The van der Waals surface area contributed by atoms with Gasteiger partial charge in [0.1, 0.15) is 0 Å². The van der Waals surface area contributed by atoms with Gasteiger partial charge in [-0.05, 0) is 134 Å². The predicted molar refractivity (Wildman–Crippen MR) is 270 cm³/mol. The highest BCUT2D eigenvalue weighted by molar-refractivity contribution is 7.00. The average Bonchev–Trinajstić information content (AvgIpc) is 3.38. The van der Waals surface area contributed by atoms with Crippen molar-refractivity contribution in [2.75, 3.05) is 9.80 Å². The van der Waals surface area contributed by atoms with Crippen LogP contribution in [-0.4, -0.2) is 6.71 Å². The summed E-state index contributed by atoms with van der Waals surface area (Å²) in [7, 11) is 0. The predicted octanol–water partition coefficient (Wildman–Crippen LogP) is 14.4. The maximum atomic E-state index is 9.07. The first kappa shape index (κ1) is 29.0. The van der Waals surface area contributed by atoms with E-state index < -0.39 is 36.3 Å². The van der Waals surface area contributed by atoms with Crippen molar-refractivity contribution in [2.24, 2.45) is 0 Å². The van der Waals surface area contributed by atoms with Crippen LogP contribution < -0.4 is 26.2 Å². The van der Waals surface area contributed by atoms with Crippen LogP contribution in [0.5, 0.6) is 0 Å². The molecule has 302 valence electrons. The van der Waals surface area contributed by atoms with Crippen molar-refractivity contribution in [2.45, 2.75) is 40.0 Å². The maximum absolute atomic E-state index is 9.07. The van der Waals surface area contributed by atoms with Crippen LogP contribution in [0.1, 0.15) is 51.2 Å². The zero-order valence-electron chi connectivity index (χ0n) is 45.8. The van der Waals surface area contributed by atoms with Gasteiger partial charge in [-0.3, -0.25) is 0 Å². The zero-order chi connectivity index (χ0) is 51.5. The Balaban J connectivity index is 1.27. The Hall–Kier alpha value is -7.36. The second-order valence-electron chi connectivity index (χ2n) is 17.6. The van der Waals surface area contributed by atoms with E-state index >= 15 is 0 Å². The quantitative estimate of drug-likeness (QED) is 0.154. The van der Waals surface area contributed by atoms with Crippen LogP contribution in [0.15, 0.2) is 206 Å². The topological polar surface area (TPSA) is 6.48 Å². The molecule has 0 aliphatic carbocycles. The molecule has 11 rings (SSSR count). The van der Waals surface area contributed by atoms with Crippen LogP contribution in [0.4, 0.5) is 34.1 Å². The number of hydrogen-bond donors (Lipinski definition) is 0. The van der Waals surface area contributed by atoms with Crippen molar-refractivity contribution in [3.8, 4) is 44.5 Å². The molecule has 0 amide bonds. The number of hydrogen-bond acceptors (Lipinski definition) is 2. The fourth-order valence-electron chi connectivity index (χ4n) is 9.55. The molecule has 0 N–H and O–H groups in total. The molecular formula is C60H49BN2. The Morgan fingerprint density at radius 3 is 1.52 bits per heavy atom. The summed E-state index contributed by atoms with van der Waals surface area (Å²) in [6, 6.07) is 45.9. The van der Waals surface area contributed by atoms with E-state index in [1.807, 2.05) is 48.5 Å². The monoisotopic (exact) mass is 818 g/mol. The van der Waals surface area contributed by atoms with Gasteiger partial charge in [-0.25, -0.2) is 0 Å². The van der Waals surface area contributed by atoms with E-state index in [-0.39, 0.29) is 47.4 Å². The van der Waals surface area contributed by atoms with Crippen molar-refractivity contribution in [1.82, 2.24) is 0 Å². The molecule has 0 atom stereocenters. The molecule has 0 radical (unpaired) electrons. The van der Waals surface area contributed by atoms with Crippen molar-refractivity contribution in [1.29, 1.82) is 0 Å². The highest BCUT2D eigenvalue weighted by Crippen LogP contribution is 2.51. The van der Waals surface area contributed by atoms with Crippen LogP contribution in [-0.2, 0) is 5.41 Å². The molecule has 2 heterocycles. The van der Waals surface area contributed by atoms with Gasteiger partial charge in [0.25, 0.3) is 6.71 Å². The van der Waals surface area contributed by atoms with E-state index in [9.17, 15) is 0 Å². The molecule has 0 fully saturated rings. The summed E-state index contributed by atoms with van der Waals surface area (Å²) < 4.78 is 87.2. The molecule has 3 heteroatoms. The third-order valence-corrected chi connectivity index (χ3v) is 12.4. The van der Waals surface area contributed by atoms with Gasteiger partial charge in [0.05, 0.1) is 19.4 Å². The molecule has 0 unspecified atom stereocenters. The molecule has 2 aliphatic heterocycles. The number of nitrogens with zero attached hydrogens (tertiary/aromatic N) is 2. The summed E-state index contributed by atoms with van der Waals surface area (Å²) in [4.78, 5) is 4.57. The van der Waals surface area contributed by atoms with Gasteiger partial charge in [0, 0.05) is 39.6 Å². The SMILES string of the molecule is [2H]c1c([2H])c([2H])c(-c2cccc(N3c4cc(-c5c([2H])c([2H])c([2H])c([2H])c5[2H])ccc4B4c5ccc(C(C)(C)C)cc5N(c5c(-c6ccccc6)cc(C)cc5-c5ccccc5)c5cc(C)cc3c54)c2)c([2H])c1[2H]. The molecule has 0 spiro atoms. The molecule has 0 saturated heterocycles. The van der Waals surface area contributed by atoms with Crippen molar-refractivity contribution < 1.29 is 13.7 Å². The van der Waals surface area contributed by atoms with E-state index in [0.717, 1.165) is 78.1 Å². The third kappa shape index (κ3) is 6.67. The Kier molecular flexibility index (Phi) is 7.02. The molecule has 0 saturated carbocycles. The highest BCUT2D eigenvalue weighted by Gasteiger charge is 2.44. The second kappa shape index (κ2) is 15.2. The molecule has 2 aliphatic rings. The van der Waals surface area contributed by atoms with Gasteiger partial charge in [0.15, 0.2) is 0 Å². The van der Waals surface area contributed by atoms with Crippen molar-refractivity contribution >= 4 is 57.2 Å². The fourth-order valence-corrected chi connectivity index (χ4v) is 9.55. The van der Waals surface area contributed by atoms with E-state index in [0.29, 0.717) is 22.5 Å². The van der Waals surface area contributed by atoms with Crippen molar-refractivity contribution in [3.63, 3.8) is 0 Å². The first-order valence-corrected chi connectivity index (χ1v) is 21.4. The molecule has 0 bridgehead atoms. The van der Waals surface area contributed by atoms with Gasteiger partial charge in [-0.2, -0.15) is 0 Å². The molecule has 0 aromatic heterocycles. The minimum absolute atomic E-state index is 0.0677. The normalized spacial score (nSPS) is 15.0. The minimum atomic E-state index is -0.476. The van der Waals surface area contributed by atoms with Crippen LogP contribution in [0.25, 0.3) is 44.5 Å². The first-order valence-electron chi connectivity index (χ1n) is 26.4. The van der Waals surface area contributed by atoms with Crippen LogP contribution in [0.3, 0.4) is 0 Å². The number of aryl methyl sites for hydroxylation is 2. The first-order chi connectivity index (χ1) is 34.8. The number of rotatable bonds is 6. The lowest BCUT2D eigenvalue weighted by Gasteiger charge is -2.45. The molecule has 9 aromatic rings. The summed E-state index contributed by atoms with van der Waals surface area (Å²) in [5.74, 6) is 0. The van der Waals surface area contributed by atoms with E-state index in [1.165, 1.54) is 0 Å². The Labute approximate surface area is 386 Å². The van der Waals surface area contributed by atoms with Crippen LogP contribution >= 0.6 is 0 Å². The fraction of sp³-hybridized carbons (Fsp3) is 0.100. The summed E-state index contributed by atoms with van der Waals surface area (Å²) >= 11 is 0. The molecular weight excluding hydrogens is 759 g/mol. The second-order valence-corrected chi connectivity index (χ2v) is 17.6. The van der Waals surface area contributed by atoms with E-state index in [2.05, 4.69) is 135 Å². The lowest BCUT2D eigenvalue weighted by molar-refractivity contribution is 0.590. The third-order valence-electron chi connectivity index (χ3n) is 12.4. The standard InChI is InChI=1S/C60H49BN2/c1-40-33-50(44-23-14-8-15-24-44)59(51(34-40)45-25-16-9-17-26-45)63-55-39-48(60(3,4)5)30-32-53(55)61-52-31-29-47(43-21-12-7-13-22-43)38-54(52)62(56-35-41(2)36-57(63)58(56)61)49-28-18-27-46(37-49)42-19-10-6-11-20-42/h6-39H,1-5H3/i6D,7D,10D,11D,12D,13D,19D,20D,21D,22D. The number of benzene rings is 9. The summed E-state index contributed by atoms with van der Waals surface area (Å²) in [5.41, 5.74) is 16.3. The number of fused-ring (bicyclic) bond motifs is 4. The summed E-state index contributed by atoms with van der Waals surface area (Å²) in [6.07, 6.45) is 0. The molecule has 63 heavy (non-hydrogen) atoms. The summed E-state index contributed by atoms with van der Waals surface area (Å²) in [6.45, 7) is 10.5. The van der Waals surface area contributed by atoms with Crippen molar-refractivity contribution in [3.05, 3.63) is 223 Å². The van der Waals surface area contributed by atoms with E-state index in [1.54, 1.807) is 6.07 Å². The van der Waals surface area contributed by atoms with Crippen LogP contribution in [0, 0.1) is 13.8 Å². The smallest absolute Gasteiger partial charge is 0.252 e. The summed E-state index contributed by atoms with van der Waals surface area (Å²) in [5, 5.41) is 0. The lowest BCUT2D eigenvalue weighted by atomic mass is 9.33. The van der Waals surface area contributed by atoms with Gasteiger partial charge in [0.2, 0.25) is 0 Å². The highest BCUT2D eigenvalue weighted by atomic mass is 15.2. The maximum Gasteiger partial charge on any atom is 0.252 e. The van der Waals surface area contributed by atoms with E-state index in [4.69, 9.17) is 13.7 Å². The van der Waals surface area contributed by atoms with Gasteiger partial charge in [-0.1, -0.05) is 178 Å². The minimum Gasteiger partial charge on any atom is -0.311 e. The number of anilines is 6. The lowest BCUT2D eigenvalue weighted by Crippen LogP contribution is -2.61. The molecule has 2 nitrogen and oxygen atoms in total. The Morgan fingerprint density at radius 2 is 0.937 bits per heavy atom. The Bertz CT molecular complexity index is 3660. The van der Waals surface area contributed by atoms with Gasteiger partial charge in [-0.15, -0.1) is 0 Å². The average molecular weight is 819 g/mol. The van der Waals surface area contributed by atoms with Gasteiger partial charge >= 0.3 is 0 Å². The Morgan fingerprint density at radius 1 is 0.429 bits per heavy atom. The zero-order valence-corrected chi connectivity index (χ0v) is 35.8.